The number of hydrogen-bond acceptors (Lipinski definition) is 3. The van der Waals surface area contributed by atoms with Gasteiger partial charge in [0.05, 0.1) is 17.0 Å². The van der Waals surface area contributed by atoms with E-state index in [2.05, 4.69) is 10.2 Å². The van der Waals surface area contributed by atoms with E-state index in [0.29, 0.717) is 5.82 Å². The van der Waals surface area contributed by atoms with Crippen molar-refractivity contribution in [3.8, 4) is 11.4 Å². The Bertz CT molecular complexity index is 582. The average Bonchev–Trinajstić information content (AvgIpc) is 2.81. The van der Waals surface area contributed by atoms with Crippen LogP contribution in [0, 0.1) is 0 Å². The van der Waals surface area contributed by atoms with Gasteiger partial charge >= 0.3 is 5.97 Å². The monoisotopic (exact) mass is 218 g/mol. The molecule has 0 unspecified atom stereocenters. The molecule has 0 spiro atoms. The van der Waals surface area contributed by atoms with Crippen LogP contribution in [-0.2, 0) is 13.0 Å². The second-order valence-corrected chi connectivity index (χ2v) is 3.82. The number of aryl methyl sites for hydroxylation is 1. The Morgan fingerprint density at radius 1 is 1.62 bits per heavy atom. The summed E-state index contributed by atoms with van der Waals surface area (Å²) in [6.45, 7) is 0.735. The van der Waals surface area contributed by atoms with Gasteiger partial charge < -0.3 is 15.4 Å². The molecule has 82 valence electrons. The van der Waals surface area contributed by atoms with Crippen LogP contribution in [-0.4, -0.2) is 25.8 Å². The summed E-state index contributed by atoms with van der Waals surface area (Å²) < 4.78 is 1.91. The predicted molar refractivity (Wildman–Crippen MR) is 57.1 cm³/mol. The van der Waals surface area contributed by atoms with Crippen LogP contribution in [0.4, 0.5) is 5.82 Å². The molecule has 16 heavy (non-hydrogen) atoms. The van der Waals surface area contributed by atoms with Crippen molar-refractivity contribution in [1.82, 2.24) is 14.8 Å². The summed E-state index contributed by atoms with van der Waals surface area (Å²) in [5.74, 6) is -0.421. The molecule has 0 fully saturated rings. The number of carboxylic acids is 1. The zero-order valence-corrected chi connectivity index (χ0v) is 8.40. The minimum atomic E-state index is -0.920. The smallest absolute Gasteiger partial charge is 0.337 e. The molecule has 3 rings (SSSR count). The first kappa shape index (κ1) is 9.02. The van der Waals surface area contributed by atoms with Gasteiger partial charge in [-0.25, -0.2) is 4.79 Å². The molecular weight excluding hydrogens is 208 g/mol. The zero-order chi connectivity index (χ0) is 11.3. The number of nitrogens with two attached hydrogens (primary N) is 1. The van der Waals surface area contributed by atoms with Crippen molar-refractivity contribution in [3.05, 3.63) is 23.4 Å². The number of hydrogen-bond donors (Lipinski definition) is 3. The number of nitrogens with zero attached hydrogens (tertiary/aromatic N) is 2. The third-order valence-corrected chi connectivity index (χ3v) is 2.90. The van der Waals surface area contributed by atoms with Gasteiger partial charge in [-0.05, 0) is 12.5 Å². The maximum Gasteiger partial charge on any atom is 0.337 e. The average molecular weight is 218 g/mol. The van der Waals surface area contributed by atoms with E-state index in [1.807, 2.05) is 4.57 Å². The van der Waals surface area contributed by atoms with E-state index >= 15 is 0 Å². The van der Waals surface area contributed by atoms with Gasteiger partial charge in [0.25, 0.3) is 0 Å². The minimum absolute atomic E-state index is 0.288. The fraction of sp³-hybridized carbons (Fsp3) is 0.200. The van der Waals surface area contributed by atoms with E-state index in [0.717, 1.165) is 29.9 Å². The lowest BCUT2D eigenvalue weighted by Gasteiger charge is -2.14. The fourth-order valence-electron chi connectivity index (χ4n) is 2.10. The summed E-state index contributed by atoms with van der Waals surface area (Å²) in [4.78, 5) is 10.9. The molecule has 1 aliphatic rings. The molecule has 0 saturated carbocycles. The number of rotatable bonds is 1. The van der Waals surface area contributed by atoms with Gasteiger partial charge in [-0.3, -0.25) is 5.10 Å². The number of nitrogen functional groups attached to an aromatic ring is 1. The van der Waals surface area contributed by atoms with E-state index in [-0.39, 0.29) is 5.56 Å². The Balaban J connectivity index is 2.20. The van der Waals surface area contributed by atoms with Crippen LogP contribution >= 0.6 is 0 Å². The molecule has 0 saturated heterocycles. The van der Waals surface area contributed by atoms with Crippen LogP contribution in [0.25, 0.3) is 11.4 Å². The van der Waals surface area contributed by atoms with E-state index in [9.17, 15) is 4.79 Å². The van der Waals surface area contributed by atoms with Gasteiger partial charge in [0.15, 0.2) is 0 Å². The lowest BCUT2D eigenvalue weighted by molar-refractivity contribution is 0.0697. The zero-order valence-electron chi connectivity index (χ0n) is 8.40. The van der Waals surface area contributed by atoms with E-state index < -0.39 is 5.97 Å². The largest absolute Gasteiger partial charge is 0.478 e. The van der Waals surface area contributed by atoms with E-state index in [1.165, 1.54) is 0 Å². The Kier molecular flexibility index (Phi) is 1.62. The molecule has 0 amide bonds. The number of aromatic amines is 1. The molecule has 0 aliphatic carbocycles. The summed E-state index contributed by atoms with van der Waals surface area (Å²) in [5, 5.41) is 15.7. The van der Waals surface area contributed by atoms with Crippen molar-refractivity contribution >= 4 is 11.8 Å². The second kappa shape index (κ2) is 2.88. The Morgan fingerprint density at radius 2 is 2.44 bits per heavy atom. The van der Waals surface area contributed by atoms with Crippen LogP contribution in [0.3, 0.4) is 0 Å². The van der Waals surface area contributed by atoms with Crippen molar-refractivity contribution in [2.45, 2.75) is 13.0 Å². The third-order valence-electron chi connectivity index (χ3n) is 2.90. The molecule has 2 aromatic heterocycles. The van der Waals surface area contributed by atoms with Crippen molar-refractivity contribution in [2.24, 2.45) is 0 Å². The molecule has 0 aromatic carbocycles. The van der Waals surface area contributed by atoms with Gasteiger partial charge in [0.1, 0.15) is 5.82 Å². The van der Waals surface area contributed by atoms with Gasteiger partial charge in [-0.2, -0.15) is 5.10 Å². The lowest BCUT2D eigenvalue weighted by atomic mass is 10.1. The topological polar surface area (TPSA) is 96.9 Å². The standard InChI is InChI=1S/C10H10N4O2/c11-9-6-1-2-14-4-5(10(15)16)3-7(14)8(6)12-13-9/h3-4H,1-2H2,(H,15,16)(H3,11,12,13). The third kappa shape index (κ3) is 1.06. The van der Waals surface area contributed by atoms with Gasteiger partial charge in [0.2, 0.25) is 0 Å². The van der Waals surface area contributed by atoms with Crippen molar-refractivity contribution in [1.29, 1.82) is 0 Å². The highest BCUT2D eigenvalue weighted by Crippen LogP contribution is 2.31. The van der Waals surface area contributed by atoms with Crippen LogP contribution in [0.15, 0.2) is 12.3 Å². The molecular formula is C10H10N4O2. The lowest BCUT2D eigenvalue weighted by Crippen LogP contribution is -2.09. The number of aromatic carboxylic acids is 1. The fourth-order valence-corrected chi connectivity index (χ4v) is 2.10. The van der Waals surface area contributed by atoms with E-state index in [1.54, 1.807) is 12.3 Å². The first-order chi connectivity index (χ1) is 7.66. The molecule has 2 aromatic rings. The molecule has 4 N–H and O–H groups in total. The maximum absolute atomic E-state index is 10.9. The van der Waals surface area contributed by atoms with Crippen LogP contribution < -0.4 is 5.73 Å². The SMILES string of the molecule is Nc1n[nH]c2c1CCn1cc(C(=O)O)cc1-2. The highest BCUT2D eigenvalue weighted by atomic mass is 16.4. The number of aromatic nitrogens is 3. The molecule has 6 nitrogen and oxygen atoms in total. The highest BCUT2D eigenvalue weighted by Gasteiger charge is 2.22. The molecule has 0 bridgehead atoms. The predicted octanol–water partition coefficient (Wildman–Crippen LogP) is 0.715. The van der Waals surface area contributed by atoms with Crippen LogP contribution in [0.5, 0.6) is 0 Å². The normalized spacial score (nSPS) is 13.2. The Hall–Kier alpha value is -2.24. The Labute approximate surface area is 90.7 Å². The van der Waals surface area contributed by atoms with Crippen LogP contribution in [0.2, 0.25) is 0 Å². The molecule has 0 atom stereocenters. The number of carbonyl (C=O) groups is 1. The molecule has 3 heterocycles. The van der Waals surface area contributed by atoms with Crippen molar-refractivity contribution < 1.29 is 9.90 Å². The number of anilines is 1. The summed E-state index contributed by atoms with van der Waals surface area (Å²) in [6, 6.07) is 1.64. The number of carboxylic acid groups (broad SMARTS) is 1. The highest BCUT2D eigenvalue weighted by molar-refractivity contribution is 5.89. The van der Waals surface area contributed by atoms with Crippen LogP contribution in [0.1, 0.15) is 15.9 Å². The number of fused-ring (bicyclic) bond motifs is 3. The summed E-state index contributed by atoms with van der Waals surface area (Å²) in [5.41, 5.74) is 8.65. The first-order valence-corrected chi connectivity index (χ1v) is 4.93. The number of H-pyrrole nitrogens is 1. The van der Waals surface area contributed by atoms with Gasteiger partial charge in [-0.15, -0.1) is 0 Å². The minimum Gasteiger partial charge on any atom is -0.478 e. The summed E-state index contributed by atoms with van der Waals surface area (Å²) >= 11 is 0. The molecule has 6 heteroatoms. The van der Waals surface area contributed by atoms with Gasteiger partial charge in [-0.1, -0.05) is 0 Å². The van der Waals surface area contributed by atoms with Gasteiger partial charge in [0, 0.05) is 18.3 Å². The number of nitrogens with one attached hydrogen (secondary N) is 1. The summed E-state index contributed by atoms with van der Waals surface area (Å²) in [6.07, 6.45) is 2.41. The van der Waals surface area contributed by atoms with Crippen molar-refractivity contribution in [2.75, 3.05) is 5.73 Å². The molecule has 0 radical (unpaired) electrons. The summed E-state index contributed by atoms with van der Waals surface area (Å²) in [7, 11) is 0. The maximum atomic E-state index is 10.9. The molecule has 1 aliphatic heterocycles. The van der Waals surface area contributed by atoms with E-state index in [4.69, 9.17) is 10.8 Å². The Morgan fingerprint density at radius 3 is 3.19 bits per heavy atom. The quantitative estimate of drug-likeness (QED) is 0.656. The van der Waals surface area contributed by atoms with Crippen molar-refractivity contribution in [3.63, 3.8) is 0 Å². The first-order valence-electron chi connectivity index (χ1n) is 4.93. The second-order valence-electron chi connectivity index (χ2n) is 3.82.